The fraction of sp³-hybridized carbons (Fsp3) is 0.550. The standard InChI is InChI=1S/C20H28N4O4/c1-13(21)14-8-10-23(11-9-14)17(25)12-24-18(26)20(2,22-19(24)27)15-4-6-16(28-3)7-5-15/h4-7,13-14H,8-12,21H2,1-3H3,(H,22,27). The first kappa shape index (κ1) is 20.1. The van der Waals surface area contributed by atoms with Gasteiger partial charge in [-0.05, 0) is 50.3 Å². The van der Waals surface area contributed by atoms with E-state index >= 15 is 0 Å². The lowest BCUT2D eigenvalue weighted by Gasteiger charge is -2.34. The lowest BCUT2D eigenvalue weighted by atomic mass is 9.91. The molecule has 1 aromatic carbocycles. The number of imide groups is 1. The van der Waals surface area contributed by atoms with E-state index in [4.69, 9.17) is 10.5 Å². The SMILES string of the molecule is COc1ccc(C2(C)NC(=O)N(CC(=O)N3CCC(C(C)N)CC3)C2=O)cc1. The molecule has 0 radical (unpaired) electrons. The number of benzene rings is 1. The molecule has 2 aliphatic heterocycles. The van der Waals surface area contributed by atoms with E-state index < -0.39 is 17.5 Å². The highest BCUT2D eigenvalue weighted by Crippen LogP contribution is 2.30. The number of piperidine rings is 1. The highest BCUT2D eigenvalue weighted by molar-refractivity contribution is 6.09. The van der Waals surface area contributed by atoms with Crippen LogP contribution in [-0.4, -0.2) is 60.4 Å². The Bertz CT molecular complexity index is 756. The van der Waals surface area contributed by atoms with Crippen LogP contribution >= 0.6 is 0 Å². The van der Waals surface area contributed by atoms with Crippen molar-refractivity contribution in [3.8, 4) is 5.75 Å². The molecule has 0 aliphatic carbocycles. The normalized spacial score (nSPS) is 24.3. The van der Waals surface area contributed by atoms with Crippen LogP contribution in [0.5, 0.6) is 5.75 Å². The predicted molar refractivity (Wildman–Crippen MR) is 104 cm³/mol. The number of nitrogens with zero attached hydrogens (tertiary/aromatic N) is 2. The second kappa shape index (κ2) is 7.79. The van der Waals surface area contributed by atoms with Crippen LogP contribution in [0.15, 0.2) is 24.3 Å². The van der Waals surface area contributed by atoms with Crippen molar-refractivity contribution in [1.29, 1.82) is 0 Å². The Balaban J connectivity index is 1.67. The zero-order chi connectivity index (χ0) is 20.5. The molecule has 8 nitrogen and oxygen atoms in total. The molecule has 0 bridgehead atoms. The molecule has 2 unspecified atom stereocenters. The number of nitrogens with one attached hydrogen (secondary N) is 1. The first-order chi connectivity index (χ1) is 13.3. The molecule has 0 aromatic heterocycles. The summed E-state index contributed by atoms with van der Waals surface area (Å²) in [5, 5.41) is 2.72. The Morgan fingerprint density at radius 1 is 1.29 bits per heavy atom. The number of ether oxygens (including phenoxy) is 1. The minimum absolute atomic E-state index is 0.105. The predicted octanol–water partition coefficient (Wildman–Crippen LogP) is 1.05. The van der Waals surface area contributed by atoms with E-state index in [1.807, 2.05) is 6.92 Å². The number of likely N-dealkylation sites (tertiary alicyclic amines) is 1. The van der Waals surface area contributed by atoms with Gasteiger partial charge in [0.1, 0.15) is 17.8 Å². The Labute approximate surface area is 165 Å². The third-order valence-corrected chi connectivity index (χ3v) is 5.87. The third-order valence-electron chi connectivity index (χ3n) is 5.87. The van der Waals surface area contributed by atoms with E-state index in [0.717, 1.165) is 17.7 Å². The fourth-order valence-corrected chi connectivity index (χ4v) is 3.87. The minimum Gasteiger partial charge on any atom is -0.497 e. The van der Waals surface area contributed by atoms with Crippen LogP contribution in [0.1, 0.15) is 32.3 Å². The molecule has 2 fully saturated rings. The van der Waals surface area contributed by atoms with Crippen LogP contribution in [0.25, 0.3) is 0 Å². The molecule has 1 aromatic rings. The lowest BCUT2D eigenvalue weighted by Crippen LogP contribution is -2.48. The van der Waals surface area contributed by atoms with Crippen LogP contribution in [0.3, 0.4) is 0 Å². The smallest absolute Gasteiger partial charge is 0.325 e. The molecule has 0 saturated carbocycles. The molecule has 0 spiro atoms. The summed E-state index contributed by atoms with van der Waals surface area (Å²) in [6.07, 6.45) is 1.68. The van der Waals surface area contributed by atoms with Crippen LogP contribution in [0.4, 0.5) is 4.79 Å². The fourth-order valence-electron chi connectivity index (χ4n) is 3.87. The van der Waals surface area contributed by atoms with Gasteiger partial charge in [-0.2, -0.15) is 0 Å². The molecule has 3 N–H and O–H groups in total. The number of hydrogen-bond acceptors (Lipinski definition) is 5. The molecule has 2 heterocycles. The van der Waals surface area contributed by atoms with Gasteiger partial charge >= 0.3 is 6.03 Å². The zero-order valence-electron chi connectivity index (χ0n) is 16.6. The van der Waals surface area contributed by atoms with Crippen molar-refractivity contribution in [3.63, 3.8) is 0 Å². The molecular weight excluding hydrogens is 360 g/mol. The van der Waals surface area contributed by atoms with E-state index in [1.165, 1.54) is 0 Å². The second-order valence-corrected chi connectivity index (χ2v) is 7.75. The monoisotopic (exact) mass is 388 g/mol. The number of carbonyl (C=O) groups excluding carboxylic acids is 3. The summed E-state index contributed by atoms with van der Waals surface area (Å²) >= 11 is 0. The Hall–Kier alpha value is -2.61. The zero-order valence-corrected chi connectivity index (χ0v) is 16.6. The maximum Gasteiger partial charge on any atom is 0.325 e. The van der Waals surface area contributed by atoms with Gasteiger partial charge in [0.25, 0.3) is 5.91 Å². The van der Waals surface area contributed by atoms with Gasteiger partial charge in [-0.3, -0.25) is 14.5 Å². The van der Waals surface area contributed by atoms with Gasteiger partial charge in [-0.15, -0.1) is 0 Å². The third kappa shape index (κ3) is 3.69. The Kier molecular flexibility index (Phi) is 5.60. The van der Waals surface area contributed by atoms with Gasteiger partial charge in [-0.25, -0.2) is 4.79 Å². The van der Waals surface area contributed by atoms with Crippen molar-refractivity contribution in [1.82, 2.24) is 15.1 Å². The molecule has 152 valence electrons. The highest BCUT2D eigenvalue weighted by atomic mass is 16.5. The van der Waals surface area contributed by atoms with Crippen LogP contribution in [0.2, 0.25) is 0 Å². The first-order valence-electron chi connectivity index (χ1n) is 9.58. The summed E-state index contributed by atoms with van der Waals surface area (Å²) in [6.45, 7) is 4.58. The maximum atomic E-state index is 13.0. The number of nitrogens with two attached hydrogens (primary N) is 1. The molecule has 2 aliphatic rings. The average molecular weight is 388 g/mol. The summed E-state index contributed by atoms with van der Waals surface area (Å²) in [5.41, 5.74) is 5.38. The number of carbonyl (C=O) groups is 3. The Morgan fingerprint density at radius 2 is 1.89 bits per heavy atom. The van der Waals surface area contributed by atoms with E-state index in [1.54, 1.807) is 43.2 Å². The number of urea groups is 1. The van der Waals surface area contributed by atoms with Gasteiger partial charge in [0.15, 0.2) is 0 Å². The summed E-state index contributed by atoms with van der Waals surface area (Å²) in [5.74, 6) is 0.414. The van der Waals surface area contributed by atoms with Gasteiger partial charge in [0.2, 0.25) is 5.91 Å². The average Bonchev–Trinajstić information content (AvgIpc) is 2.92. The van der Waals surface area contributed by atoms with Crippen molar-refractivity contribution in [2.45, 2.75) is 38.3 Å². The summed E-state index contributed by atoms with van der Waals surface area (Å²) in [4.78, 5) is 40.8. The number of rotatable bonds is 5. The van der Waals surface area contributed by atoms with Gasteiger partial charge in [-0.1, -0.05) is 12.1 Å². The van der Waals surface area contributed by atoms with Crippen LogP contribution in [-0.2, 0) is 15.1 Å². The van der Waals surface area contributed by atoms with Crippen molar-refractivity contribution < 1.29 is 19.1 Å². The summed E-state index contributed by atoms with van der Waals surface area (Å²) < 4.78 is 5.14. The minimum atomic E-state index is -1.20. The molecule has 28 heavy (non-hydrogen) atoms. The van der Waals surface area contributed by atoms with Crippen LogP contribution in [0, 0.1) is 5.92 Å². The molecule has 2 saturated heterocycles. The molecule has 8 heteroatoms. The molecule has 3 rings (SSSR count). The van der Waals surface area contributed by atoms with E-state index in [2.05, 4.69) is 5.32 Å². The lowest BCUT2D eigenvalue weighted by molar-refractivity contribution is -0.139. The van der Waals surface area contributed by atoms with Gasteiger partial charge in [0.05, 0.1) is 7.11 Å². The van der Waals surface area contributed by atoms with E-state index in [9.17, 15) is 14.4 Å². The molecular formula is C20H28N4O4. The summed E-state index contributed by atoms with van der Waals surface area (Å²) in [6, 6.07) is 6.49. The van der Waals surface area contributed by atoms with E-state index in [0.29, 0.717) is 30.3 Å². The van der Waals surface area contributed by atoms with E-state index in [-0.39, 0.29) is 18.5 Å². The number of amides is 4. The molecule has 4 amide bonds. The maximum absolute atomic E-state index is 13.0. The van der Waals surface area contributed by atoms with Crippen molar-refractivity contribution in [3.05, 3.63) is 29.8 Å². The number of methoxy groups -OCH3 is 1. The van der Waals surface area contributed by atoms with Crippen LogP contribution < -0.4 is 15.8 Å². The largest absolute Gasteiger partial charge is 0.497 e. The number of hydrogen-bond donors (Lipinski definition) is 2. The first-order valence-corrected chi connectivity index (χ1v) is 9.58. The highest BCUT2D eigenvalue weighted by Gasteiger charge is 2.49. The Morgan fingerprint density at radius 3 is 2.43 bits per heavy atom. The topological polar surface area (TPSA) is 105 Å². The van der Waals surface area contributed by atoms with Gasteiger partial charge < -0.3 is 20.7 Å². The van der Waals surface area contributed by atoms with Crippen molar-refractivity contribution in [2.24, 2.45) is 11.7 Å². The second-order valence-electron chi connectivity index (χ2n) is 7.75. The van der Waals surface area contributed by atoms with Crippen molar-refractivity contribution >= 4 is 17.8 Å². The van der Waals surface area contributed by atoms with Crippen molar-refractivity contribution in [2.75, 3.05) is 26.7 Å². The quantitative estimate of drug-likeness (QED) is 0.734. The summed E-state index contributed by atoms with van der Waals surface area (Å²) in [7, 11) is 1.56. The van der Waals surface area contributed by atoms with Gasteiger partial charge in [0, 0.05) is 19.1 Å². The molecule has 2 atom stereocenters.